The zero-order valence-electron chi connectivity index (χ0n) is 12.3. The summed E-state index contributed by atoms with van der Waals surface area (Å²) in [7, 11) is 1.60. The van der Waals surface area contributed by atoms with Crippen LogP contribution in [0.25, 0.3) is 0 Å². The molecular formula is C16H18N2O3. The van der Waals surface area contributed by atoms with E-state index in [9.17, 15) is 10.1 Å². The Kier molecular flexibility index (Phi) is 4.42. The van der Waals surface area contributed by atoms with Gasteiger partial charge in [0.1, 0.15) is 5.75 Å². The van der Waals surface area contributed by atoms with Gasteiger partial charge in [-0.2, -0.15) is 0 Å². The third-order valence-corrected chi connectivity index (χ3v) is 3.33. The first-order valence-corrected chi connectivity index (χ1v) is 6.67. The van der Waals surface area contributed by atoms with Crippen LogP contribution in [0.4, 0.5) is 11.4 Å². The van der Waals surface area contributed by atoms with Crippen LogP contribution in [-0.2, 0) is 0 Å². The zero-order chi connectivity index (χ0) is 15.4. The van der Waals surface area contributed by atoms with Gasteiger partial charge in [-0.1, -0.05) is 24.3 Å². The van der Waals surface area contributed by atoms with Gasteiger partial charge in [0.15, 0.2) is 0 Å². The largest absolute Gasteiger partial charge is 0.495 e. The monoisotopic (exact) mass is 286 g/mol. The fourth-order valence-corrected chi connectivity index (χ4v) is 2.27. The minimum Gasteiger partial charge on any atom is -0.495 e. The smallest absolute Gasteiger partial charge is 0.274 e. The number of nitrogens with one attached hydrogen (secondary N) is 1. The van der Waals surface area contributed by atoms with Gasteiger partial charge < -0.3 is 10.1 Å². The molecule has 0 aliphatic rings. The molecule has 1 atom stereocenters. The number of anilines is 1. The molecule has 2 aromatic rings. The van der Waals surface area contributed by atoms with Crippen LogP contribution < -0.4 is 10.1 Å². The van der Waals surface area contributed by atoms with E-state index in [0.717, 1.165) is 11.3 Å². The van der Waals surface area contributed by atoms with E-state index in [1.165, 1.54) is 6.07 Å². The van der Waals surface area contributed by atoms with Crippen LogP contribution in [0.2, 0.25) is 0 Å². The van der Waals surface area contributed by atoms with Crippen LogP contribution in [0, 0.1) is 17.0 Å². The van der Waals surface area contributed by atoms with Crippen LogP contribution in [0.1, 0.15) is 24.1 Å². The average molecular weight is 286 g/mol. The van der Waals surface area contributed by atoms with Crippen molar-refractivity contribution < 1.29 is 9.66 Å². The highest BCUT2D eigenvalue weighted by Crippen LogP contribution is 2.32. The van der Waals surface area contributed by atoms with E-state index in [1.807, 2.05) is 32.0 Å². The molecule has 2 aromatic carbocycles. The Balaban J connectivity index is 2.32. The maximum atomic E-state index is 11.1. The second-order valence-electron chi connectivity index (χ2n) is 4.89. The Morgan fingerprint density at radius 1 is 1.24 bits per heavy atom. The lowest BCUT2D eigenvalue weighted by atomic mass is 10.1. The first-order valence-electron chi connectivity index (χ1n) is 6.67. The summed E-state index contributed by atoms with van der Waals surface area (Å²) in [6.45, 7) is 3.88. The van der Waals surface area contributed by atoms with Gasteiger partial charge in [0.25, 0.3) is 5.69 Å². The molecular weight excluding hydrogens is 268 g/mol. The number of nitro groups is 1. The molecule has 1 unspecified atom stereocenters. The van der Waals surface area contributed by atoms with Gasteiger partial charge in [-0.15, -0.1) is 0 Å². The number of hydrogen-bond acceptors (Lipinski definition) is 4. The van der Waals surface area contributed by atoms with E-state index in [-0.39, 0.29) is 16.7 Å². The van der Waals surface area contributed by atoms with Crippen LogP contribution in [0.5, 0.6) is 5.75 Å². The second-order valence-corrected chi connectivity index (χ2v) is 4.89. The summed E-state index contributed by atoms with van der Waals surface area (Å²) < 4.78 is 5.32. The Morgan fingerprint density at radius 3 is 2.62 bits per heavy atom. The molecule has 0 spiro atoms. The first-order chi connectivity index (χ1) is 10.0. The summed E-state index contributed by atoms with van der Waals surface area (Å²) in [4.78, 5) is 10.7. The zero-order valence-corrected chi connectivity index (χ0v) is 12.3. The summed E-state index contributed by atoms with van der Waals surface area (Å²) in [5.74, 6) is 0.714. The fraction of sp³-hybridized carbons (Fsp3) is 0.250. The van der Waals surface area contributed by atoms with Gasteiger partial charge in [-0.25, -0.2) is 0 Å². The number of aryl methyl sites for hydroxylation is 1. The maximum Gasteiger partial charge on any atom is 0.274 e. The third-order valence-electron chi connectivity index (χ3n) is 3.33. The molecule has 1 N–H and O–H groups in total. The average Bonchev–Trinajstić information content (AvgIpc) is 2.47. The van der Waals surface area contributed by atoms with Crippen molar-refractivity contribution in [1.29, 1.82) is 0 Å². The van der Waals surface area contributed by atoms with Crippen molar-refractivity contribution in [2.24, 2.45) is 0 Å². The Bertz CT molecular complexity index is 656. The number of benzene rings is 2. The van der Waals surface area contributed by atoms with Gasteiger partial charge in [-0.3, -0.25) is 10.1 Å². The quantitative estimate of drug-likeness (QED) is 0.664. The predicted octanol–water partition coefficient (Wildman–Crippen LogP) is 4.08. The van der Waals surface area contributed by atoms with E-state index in [2.05, 4.69) is 5.32 Å². The molecule has 0 saturated heterocycles. The lowest BCUT2D eigenvalue weighted by Crippen LogP contribution is -2.10. The summed E-state index contributed by atoms with van der Waals surface area (Å²) in [6, 6.07) is 12.3. The highest BCUT2D eigenvalue weighted by Gasteiger charge is 2.18. The molecule has 0 aromatic heterocycles. The van der Waals surface area contributed by atoms with E-state index in [4.69, 9.17) is 4.74 Å². The molecule has 0 aliphatic carbocycles. The molecule has 21 heavy (non-hydrogen) atoms. The third kappa shape index (κ3) is 3.31. The Labute approximate surface area is 123 Å². The Hall–Kier alpha value is -2.56. The number of hydrogen-bond donors (Lipinski definition) is 1. The SMILES string of the molecule is COc1ccc(C)cc1NC(C)c1ccccc1[N+](=O)[O-]. The molecule has 110 valence electrons. The van der Waals surface area contributed by atoms with E-state index < -0.39 is 0 Å². The second kappa shape index (κ2) is 6.26. The van der Waals surface area contributed by atoms with Crippen LogP contribution in [-0.4, -0.2) is 12.0 Å². The van der Waals surface area contributed by atoms with Crippen molar-refractivity contribution in [2.75, 3.05) is 12.4 Å². The lowest BCUT2D eigenvalue weighted by Gasteiger charge is -2.18. The molecule has 5 heteroatoms. The van der Waals surface area contributed by atoms with Crippen LogP contribution >= 0.6 is 0 Å². The van der Waals surface area contributed by atoms with Gasteiger partial charge in [0, 0.05) is 6.07 Å². The molecule has 0 heterocycles. The number of nitro benzene ring substituents is 1. The van der Waals surface area contributed by atoms with Crippen LogP contribution in [0.15, 0.2) is 42.5 Å². The maximum absolute atomic E-state index is 11.1. The molecule has 0 saturated carbocycles. The normalized spacial score (nSPS) is 11.8. The molecule has 2 rings (SSSR count). The number of rotatable bonds is 5. The molecule has 0 amide bonds. The summed E-state index contributed by atoms with van der Waals surface area (Å²) >= 11 is 0. The van der Waals surface area contributed by atoms with Crippen molar-refractivity contribution >= 4 is 11.4 Å². The topological polar surface area (TPSA) is 64.4 Å². The van der Waals surface area contributed by atoms with Crippen LogP contribution in [0.3, 0.4) is 0 Å². The van der Waals surface area contributed by atoms with E-state index in [1.54, 1.807) is 25.3 Å². The molecule has 0 aliphatic heterocycles. The standard InChI is InChI=1S/C16H18N2O3/c1-11-8-9-16(21-3)14(10-11)17-12(2)13-6-4-5-7-15(13)18(19)20/h4-10,12,17H,1-3H3. The fourth-order valence-electron chi connectivity index (χ4n) is 2.27. The Morgan fingerprint density at radius 2 is 1.95 bits per heavy atom. The molecule has 0 fully saturated rings. The number of para-hydroxylation sites is 1. The van der Waals surface area contributed by atoms with Crippen molar-refractivity contribution in [3.8, 4) is 5.75 Å². The number of methoxy groups -OCH3 is 1. The predicted molar refractivity (Wildman–Crippen MR) is 82.9 cm³/mol. The van der Waals surface area contributed by atoms with Crippen molar-refractivity contribution in [3.05, 3.63) is 63.7 Å². The van der Waals surface area contributed by atoms with Gasteiger partial charge in [-0.05, 0) is 31.5 Å². The summed E-state index contributed by atoms with van der Waals surface area (Å²) in [5.41, 5.74) is 2.67. The first kappa shape index (κ1) is 14.8. The lowest BCUT2D eigenvalue weighted by molar-refractivity contribution is -0.385. The van der Waals surface area contributed by atoms with Gasteiger partial charge in [0.05, 0.1) is 29.3 Å². The minimum absolute atomic E-state index is 0.115. The van der Waals surface area contributed by atoms with Gasteiger partial charge >= 0.3 is 0 Å². The van der Waals surface area contributed by atoms with Crippen molar-refractivity contribution in [3.63, 3.8) is 0 Å². The minimum atomic E-state index is -0.360. The van der Waals surface area contributed by atoms with E-state index >= 15 is 0 Å². The molecule has 0 radical (unpaired) electrons. The highest BCUT2D eigenvalue weighted by atomic mass is 16.6. The molecule has 5 nitrogen and oxygen atoms in total. The summed E-state index contributed by atoms with van der Waals surface area (Å²) in [6.07, 6.45) is 0. The van der Waals surface area contributed by atoms with Crippen molar-refractivity contribution in [1.82, 2.24) is 0 Å². The van der Waals surface area contributed by atoms with Gasteiger partial charge in [0.2, 0.25) is 0 Å². The van der Waals surface area contributed by atoms with E-state index in [0.29, 0.717) is 11.3 Å². The number of ether oxygens (including phenoxy) is 1. The van der Waals surface area contributed by atoms with Crippen molar-refractivity contribution in [2.45, 2.75) is 19.9 Å². The summed E-state index contributed by atoms with van der Waals surface area (Å²) in [5, 5.41) is 14.4. The number of nitrogens with zero attached hydrogens (tertiary/aromatic N) is 1. The highest BCUT2D eigenvalue weighted by molar-refractivity contribution is 5.60. The molecule has 0 bridgehead atoms.